The van der Waals surface area contributed by atoms with Gasteiger partial charge < -0.3 is 19.9 Å². The minimum Gasteiger partial charge on any atom is -0.482 e. The van der Waals surface area contributed by atoms with E-state index in [0.717, 1.165) is 0 Å². The summed E-state index contributed by atoms with van der Waals surface area (Å²) >= 11 is 5.82. The number of rotatable bonds is 5. The summed E-state index contributed by atoms with van der Waals surface area (Å²) in [6.07, 6.45) is 0. The molecule has 0 amide bonds. The summed E-state index contributed by atoms with van der Waals surface area (Å²) < 4.78 is 29.7. The van der Waals surface area contributed by atoms with Gasteiger partial charge in [-0.1, -0.05) is 29.8 Å². The number of fused-ring (bicyclic) bond motifs is 1. The average Bonchev–Trinajstić information content (AvgIpc) is 2.78. The number of allylic oxidation sites excluding steroid dienone is 1. The van der Waals surface area contributed by atoms with Crippen molar-refractivity contribution in [2.75, 3.05) is 6.61 Å². The van der Waals surface area contributed by atoms with Gasteiger partial charge in [0.15, 0.2) is 6.61 Å². The van der Waals surface area contributed by atoms with Crippen molar-refractivity contribution in [2.45, 2.75) is 5.92 Å². The molecule has 0 aliphatic carbocycles. The van der Waals surface area contributed by atoms with E-state index in [-0.39, 0.29) is 29.6 Å². The van der Waals surface area contributed by atoms with E-state index in [1.54, 1.807) is 48.5 Å². The molecule has 1 aliphatic heterocycles. The number of benzene rings is 3. The molecule has 160 valence electrons. The van der Waals surface area contributed by atoms with Crippen molar-refractivity contribution >= 4 is 17.6 Å². The fourth-order valence-electron chi connectivity index (χ4n) is 3.33. The lowest BCUT2D eigenvalue weighted by atomic mass is 9.83. The molecule has 0 radical (unpaired) electrons. The van der Waals surface area contributed by atoms with Crippen molar-refractivity contribution < 1.29 is 23.4 Å². The zero-order valence-electron chi connectivity index (χ0n) is 16.5. The monoisotopic (exact) mass is 450 g/mol. The molecule has 0 saturated carbocycles. The number of ether oxygens (including phenoxy) is 3. The molecule has 2 N–H and O–H groups in total. The van der Waals surface area contributed by atoms with Gasteiger partial charge in [0.1, 0.15) is 34.7 Å². The van der Waals surface area contributed by atoms with Crippen LogP contribution < -0.4 is 19.9 Å². The summed E-state index contributed by atoms with van der Waals surface area (Å²) in [5.41, 5.74) is 7.49. The number of carbonyl (C=O) groups excluding carboxylic acids is 1. The summed E-state index contributed by atoms with van der Waals surface area (Å²) in [7, 11) is 0. The van der Waals surface area contributed by atoms with Gasteiger partial charge in [0.25, 0.3) is 0 Å². The molecule has 0 bridgehead atoms. The van der Waals surface area contributed by atoms with Gasteiger partial charge in [-0.05, 0) is 48.0 Å². The Labute approximate surface area is 188 Å². The molecule has 0 spiro atoms. The second-order valence-corrected chi connectivity index (χ2v) is 7.33. The maximum absolute atomic E-state index is 13.4. The van der Waals surface area contributed by atoms with Crippen LogP contribution in [-0.2, 0) is 4.79 Å². The highest BCUT2D eigenvalue weighted by Gasteiger charge is 2.31. The van der Waals surface area contributed by atoms with Gasteiger partial charge in [-0.25, -0.2) is 9.18 Å². The van der Waals surface area contributed by atoms with Gasteiger partial charge in [0, 0.05) is 16.7 Å². The van der Waals surface area contributed by atoms with E-state index in [0.29, 0.717) is 27.6 Å². The second-order valence-electron chi connectivity index (χ2n) is 6.89. The predicted octanol–water partition coefficient (Wildman–Crippen LogP) is 4.68. The molecule has 8 heteroatoms. The van der Waals surface area contributed by atoms with E-state index in [2.05, 4.69) is 6.07 Å². The van der Waals surface area contributed by atoms with Crippen LogP contribution in [0.4, 0.5) is 4.39 Å². The van der Waals surface area contributed by atoms with Gasteiger partial charge in [0.2, 0.25) is 5.88 Å². The standard InChI is InChI=1S/C24H16ClFN2O4/c25-15-3-7-17(8-4-15)30-13-22(29)31-18-9-10-19-21(11-18)32-24(28)20(12-27)23(19)14-1-5-16(26)6-2-14/h1-11,23H,13,28H2. The third-order valence-electron chi connectivity index (χ3n) is 4.80. The molecule has 4 rings (SSSR count). The average molecular weight is 451 g/mol. The van der Waals surface area contributed by atoms with Crippen LogP contribution in [0.1, 0.15) is 17.0 Å². The fourth-order valence-corrected chi connectivity index (χ4v) is 3.46. The first-order chi connectivity index (χ1) is 15.4. The summed E-state index contributed by atoms with van der Waals surface area (Å²) in [5.74, 6) is -0.582. The van der Waals surface area contributed by atoms with E-state index >= 15 is 0 Å². The number of halogens is 2. The van der Waals surface area contributed by atoms with Crippen molar-refractivity contribution in [3.8, 4) is 23.3 Å². The van der Waals surface area contributed by atoms with E-state index in [1.165, 1.54) is 18.2 Å². The molecule has 0 saturated heterocycles. The van der Waals surface area contributed by atoms with Crippen molar-refractivity contribution in [3.05, 3.63) is 100 Å². The van der Waals surface area contributed by atoms with Crippen molar-refractivity contribution in [1.29, 1.82) is 5.26 Å². The van der Waals surface area contributed by atoms with Crippen LogP contribution in [-0.4, -0.2) is 12.6 Å². The Kier molecular flexibility index (Phi) is 5.97. The Morgan fingerprint density at radius 3 is 2.47 bits per heavy atom. The topological polar surface area (TPSA) is 94.6 Å². The number of carbonyl (C=O) groups is 1. The number of hydrogen-bond donors (Lipinski definition) is 1. The maximum Gasteiger partial charge on any atom is 0.349 e. The number of esters is 1. The predicted molar refractivity (Wildman–Crippen MR) is 115 cm³/mol. The fraction of sp³-hybridized carbons (Fsp3) is 0.0833. The molecule has 1 aliphatic rings. The molecular formula is C24H16ClFN2O4. The maximum atomic E-state index is 13.4. The quantitative estimate of drug-likeness (QED) is 0.448. The summed E-state index contributed by atoms with van der Waals surface area (Å²) in [4.78, 5) is 12.2. The number of nitrogens with zero attached hydrogens (tertiary/aromatic N) is 1. The molecular weight excluding hydrogens is 435 g/mol. The van der Waals surface area contributed by atoms with Crippen LogP contribution >= 0.6 is 11.6 Å². The molecule has 1 atom stereocenters. The third kappa shape index (κ3) is 4.51. The van der Waals surface area contributed by atoms with Gasteiger partial charge >= 0.3 is 5.97 Å². The third-order valence-corrected chi connectivity index (χ3v) is 5.05. The first-order valence-electron chi connectivity index (χ1n) is 9.50. The van der Waals surface area contributed by atoms with E-state index in [1.807, 2.05) is 0 Å². The second kappa shape index (κ2) is 9.00. The van der Waals surface area contributed by atoms with E-state index < -0.39 is 11.9 Å². The van der Waals surface area contributed by atoms with E-state index in [9.17, 15) is 14.4 Å². The minimum absolute atomic E-state index is 0.0659. The van der Waals surface area contributed by atoms with Crippen molar-refractivity contribution in [1.82, 2.24) is 0 Å². The lowest BCUT2D eigenvalue weighted by molar-refractivity contribution is -0.136. The smallest absolute Gasteiger partial charge is 0.349 e. The highest BCUT2D eigenvalue weighted by molar-refractivity contribution is 6.30. The largest absolute Gasteiger partial charge is 0.482 e. The molecule has 3 aromatic carbocycles. The number of nitriles is 1. The van der Waals surface area contributed by atoms with Crippen LogP contribution in [0.3, 0.4) is 0 Å². The lowest BCUT2D eigenvalue weighted by Crippen LogP contribution is -2.21. The Bertz CT molecular complexity index is 1230. The highest BCUT2D eigenvalue weighted by Crippen LogP contribution is 2.43. The molecule has 1 unspecified atom stereocenters. The Morgan fingerprint density at radius 1 is 1.09 bits per heavy atom. The highest BCUT2D eigenvalue weighted by atomic mass is 35.5. The molecule has 32 heavy (non-hydrogen) atoms. The van der Waals surface area contributed by atoms with Gasteiger partial charge in [-0.3, -0.25) is 0 Å². The van der Waals surface area contributed by atoms with Crippen LogP contribution in [0.25, 0.3) is 0 Å². The number of hydrogen-bond acceptors (Lipinski definition) is 6. The molecule has 1 heterocycles. The summed E-state index contributed by atoms with van der Waals surface area (Å²) in [6.45, 7) is -0.307. The van der Waals surface area contributed by atoms with Crippen molar-refractivity contribution in [2.24, 2.45) is 5.73 Å². The van der Waals surface area contributed by atoms with Gasteiger partial charge in [-0.15, -0.1) is 0 Å². The SMILES string of the molecule is N#CC1=C(N)Oc2cc(OC(=O)COc3ccc(Cl)cc3)ccc2C1c1ccc(F)cc1. The zero-order valence-corrected chi connectivity index (χ0v) is 17.3. The zero-order chi connectivity index (χ0) is 22.7. The Morgan fingerprint density at radius 2 is 1.78 bits per heavy atom. The Balaban J connectivity index is 1.53. The van der Waals surface area contributed by atoms with Crippen LogP contribution in [0.15, 0.2) is 78.2 Å². The summed E-state index contributed by atoms with van der Waals surface area (Å²) in [6, 6.07) is 19.2. The number of nitrogens with two attached hydrogens (primary N) is 1. The summed E-state index contributed by atoms with van der Waals surface area (Å²) in [5, 5.41) is 10.1. The molecule has 0 aromatic heterocycles. The normalized spacial score (nSPS) is 14.7. The Hall–Kier alpha value is -4.02. The molecule has 6 nitrogen and oxygen atoms in total. The van der Waals surface area contributed by atoms with Gasteiger partial charge in [0.05, 0.1) is 5.92 Å². The van der Waals surface area contributed by atoms with Crippen LogP contribution in [0.2, 0.25) is 5.02 Å². The van der Waals surface area contributed by atoms with Crippen molar-refractivity contribution in [3.63, 3.8) is 0 Å². The van der Waals surface area contributed by atoms with Gasteiger partial charge in [-0.2, -0.15) is 5.26 Å². The first-order valence-corrected chi connectivity index (χ1v) is 9.88. The molecule has 3 aromatic rings. The van der Waals surface area contributed by atoms with Crippen LogP contribution in [0.5, 0.6) is 17.2 Å². The van der Waals surface area contributed by atoms with E-state index in [4.69, 9.17) is 31.5 Å². The first kappa shape index (κ1) is 21.2. The molecule has 0 fully saturated rings. The minimum atomic E-state index is -0.618. The van der Waals surface area contributed by atoms with Crippen LogP contribution in [0, 0.1) is 17.1 Å². The lowest BCUT2D eigenvalue weighted by Gasteiger charge is -2.26.